The highest BCUT2D eigenvalue weighted by Gasteiger charge is 2.16. The molecule has 1 aromatic heterocycles. The lowest BCUT2D eigenvalue weighted by Crippen LogP contribution is -2.29. The Morgan fingerprint density at radius 2 is 1.93 bits per heavy atom. The highest BCUT2D eigenvalue weighted by molar-refractivity contribution is 5.90. The number of aryl methyl sites for hydroxylation is 2. The van der Waals surface area contributed by atoms with Crippen LogP contribution in [0.4, 0.5) is 15.8 Å². The number of carbonyl (C=O) groups excluding carboxylic acids is 1. The Morgan fingerprint density at radius 3 is 2.66 bits per heavy atom. The van der Waals surface area contributed by atoms with Crippen LogP contribution in [0.2, 0.25) is 0 Å². The minimum atomic E-state index is -1.01. The maximum atomic E-state index is 13.4. The quantitative estimate of drug-likeness (QED) is 0.526. The molecule has 0 aliphatic heterocycles. The van der Waals surface area contributed by atoms with Crippen molar-refractivity contribution in [1.29, 1.82) is 0 Å². The molecule has 1 amide bonds. The van der Waals surface area contributed by atoms with Gasteiger partial charge in [-0.1, -0.05) is 17.7 Å². The van der Waals surface area contributed by atoms with E-state index in [1.54, 1.807) is 6.07 Å². The van der Waals surface area contributed by atoms with Crippen molar-refractivity contribution in [2.45, 2.75) is 20.4 Å². The van der Waals surface area contributed by atoms with Crippen molar-refractivity contribution in [1.82, 2.24) is 9.78 Å². The summed E-state index contributed by atoms with van der Waals surface area (Å²) in [5.41, 5.74) is 2.19. The van der Waals surface area contributed by atoms with Crippen molar-refractivity contribution >= 4 is 17.3 Å². The summed E-state index contributed by atoms with van der Waals surface area (Å²) >= 11 is 0. The van der Waals surface area contributed by atoms with E-state index in [0.717, 1.165) is 33.5 Å². The van der Waals surface area contributed by atoms with Crippen LogP contribution in [0, 0.1) is 29.8 Å². The molecule has 148 valence electrons. The second-order valence-corrected chi connectivity index (χ2v) is 6.50. The van der Waals surface area contributed by atoms with Crippen molar-refractivity contribution < 1.29 is 14.1 Å². The first-order valence-electron chi connectivity index (χ1n) is 8.64. The summed E-state index contributed by atoms with van der Waals surface area (Å²) in [6.45, 7) is 3.46. The summed E-state index contributed by atoms with van der Waals surface area (Å²) < 4.78 is 14.4. The topological polar surface area (TPSA) is 107 Å². The molecule has 0 unspecified atom stereocenters. The van der Waals surface area contributed by atoms with Crippen LogP contribution in [0.1, 0.15) is 11.1 Å². The Bertz CT molecular complexity index is 1170. The largest absolute Gasteiger partial charge is 0.324 e. The molecule has 0 atom stereocenters. The van der Waals surface area contributed by atoms with Gasteiger partial charge in [-0.25, -0.2) is 4.68 Å². The number of nitro benzene ring substituents is 1. The molecule has 0 bridgehead atoms. The molecule has 2 aromatic carbocycles. The summed E-state index contributed by atoms with van der Waals surface area (Å²) in [7, 11) is 0. The van der Waals surface area contributed by atoms with Gasteiger partial charge in [0.15, 0.2) is 0 Å². The Morgan fingerprint density at radius 1 is 1.17 bits per heavy atom. The van der Waals surface area contributed by atoms with Crippen molar-refractivity contribution in [3.8, 4) is 11.3 Å². The molecule has 8 nitrogen and oxygen atoms in total. The molecule has 1 heterocycles. The van der Waals surface area contributed by atoms with Gasteiger partial charge in [0.05, 0.1) is 10.6 Å². The smallest absolute Gasteiger partial charge is 0.306 e. The van der Waals surface area contributed by atoms with Gasteiger partial charge in [-0.15, -0.1) is 0 Å². The van der Waals surface area contributed by atoms with E-state index in [9.17, 15) is 24.1 Å². The zero-order valence-electron chi connectivity index (χ0n) is 15.7. The van der Waals surface area contributed by atoms with Gasteiger partial charge >= 0.3 is 5.69 Å². The van der Waals surface area contributed by atoms with Crippen molar-refractivity contribution in [3.05, 3.63) is 85.9 Å². The third kappa shape index (κ3) is 4.52. The Kier molecular flexibility index (Phi) is 5.49. The number of nitrogens with zero attached hydrogens (tertiary/aromatic N) is 3. The maximum absolute atomic E-state index is 13.4. The average Bonchev–Trinajstić information content (AvgIpc) is 2.67. The summed E-state index contributed by atoms with van der Waals surface area (Å²) in [6.07, 6.45) is 0. The van der Waals surface area contributed by atoms with E-state index in [0.29, 0.717) is 5.69 Å². The molecule has 9 heteroatoms. The molecule has 0 saturated heterocycles. The van der Waals surface area contributed by atoms with Gasteiger partial charge < -0.3 is 5.32 Å². The fourth-order valence-corrected chi connectivity index (χ4v) is 2.78. The van der Waals surface area contributed by atoms with E-state index in [4.69, 9.17) is 0 Å². The van der Waals surface area contributed by atoms with Crippen molar-refractivity contribution in [2.75, 3.05) is 5.32 Å². The van der Waals surface area contributed by atoms with Crippen LogP contribution in [0.3, 0.4) is 0 Å². The Balaban J connectivity index is 1.84. The van der Waals surface area contributed by atoms with Gasteiger partial charge in [0, 0.05) is 23.4 Å². The van der Waals surface area contributed by atoms with Gasteiger partial charge in [0.1, 0.15) is 6.54 Å². The summed E-state index contributed by atoms with van der Waals surface area (Å²) in [5.74, 6) is -1.63. The monoisotopic (exact) mass is 396 g/mol. The van der Waals surface area contributed by atoms with E-state index in [1.165, 1.54) is 12.1 Å². The summed E-state index contributed by atoms with van der Waals surface area (Å²) in [5, 5.41) is 17.5. The normalized spacial score (nSPS) is 10.6. The second-order valence-electron chi connectivity index (χ2n) is 6.50. The minimum absolute atomic E-state index is 0.0434. The van der Waals surface area contributed by atoms with Gasteiger partial charge in [0.25, 0.3) is 5.56 Å². The van der Waals surface area contributed by atoms with Crippen molar-refractivity contribution in [2.24, 2.45) is 0 Å². The second kappa shape index (κ2) is 8.01. The predicted octanol–water partition coefficient (Wildman–Crippen LogP) is 3.21. The first-order chi connectivity index (χ1) is 13.7. The molecule has 3 rings (SSSR count). The van der Waals surface area contributed by atoms with Crippen molar-refractivity contribution in [3.63, 3.8) is 0 Å². The first kappa shape index (κ1) is 19.9. The molecule has 3 aromatic rings. The number of benzene rings is 2. The maximum Gasteiger partial charge on any atom is 0.306 e. The number of carbonyl (C=O) groups is 1. The number of rotatable bonds is 5. The SMILES string of the molecule is Cc1ccc(C)c(-c2ccc(=O)n(CC(=O)Nc3ccc(F)c([N+](=O)[O-])c3)n2)c1. The van der Waals surface area contributed by atoms with Crippen LogP contribution >= 0.6 is 0 Å². The Labute approximate surface area is 164 Å². The van der Waals surface area contributed by atoms with Crippen LogP contribution in [0.5, 0.6) is 0 Å². The minimum Gasteiger partial charge on any atom is -0.324 e. The number of aromatic nitrogens is 2. The number of halogens is 1. The van der Waals surface area contributed by atoms with E-state index in [-0.39, 0.29) is 5.69 Å². The zero-order valence-corrected chi connectivity index (χ0v) is 15.7. The highest BCUT2D eigenvalue weighted by atomic mass is 19.1. The highest BCUT2D eigenvalue weighted by Crippen LogP contribution is 2.23. The fourth-order valence-electron chi connectivity index (χ4n) is 2.78. The number of hydrogen-bond acceptors (Lipinski definition) is 5. The molecular formula is C20H17FN4O4. The van der Waals surface area contributed by atoms with Gasteiger partial charge in [-0.2, -0.15) is 9.49 Å². The average molecular weight is 396 g/mol. The lowest BCUT2D eigenvalue weighted by Gasteiger charge is -2.10. The van der Waals surface area contributed by atoms with Gasteiger partial charge in [0.2, 0.25) is 11.7 Å². The molecule has 29 heavy (non-hydrogen) atoms. The molecule has 1 N–H and O–H groups in total. The Hall–Kier alpha value is -3.88. The van der Waals surface area contributed by atoms with E-state index < -0.39 is 34.4 Å². The van der Waals surface area contributed by atoms with Crippen LogP contribution in [0.15, 0.2) is 53.3 Å². The molecule has 0 radical (unpaired) electrons. The fraction of sp³-hybridized carbons (Fsp3) is 0.150. The summed E-state index contributed by atoms with van der Waals surface area (Å²) in [4.78, 5) is 34.3. The molecule has 0 fully saturated rings. The lowest BCUT2D eigenvalue weighted by molar-refractivity contribution is -0.387. The third-order valence-corrected chi connectivity index (χ3v) is 4.26. The predicted molar refractivity (Wildman–Crippen MR) is 105 cm³/mol. The first-order valence-corrected chi connectivity index (χ1v) is 8.64. The third-order valence-electron chi connectivity index (χ3n) is 4.26. The molecule has 0 aliphatic carbocycles. The number of nitro groups is 1. The molecule has 0 saturated carbocycles. The number of nitrogens with one attached hydrogen (secondary N) is 1. The van der Waals surface area contributed by atoms with Crippen LogP contribution in [0.25, 0.3) is 11.3 Å². The van der Waals surface area contributed by atoms with Crippen LogP contribution in [-0.2, 0) is 11.3 Å². The number of hydrogen-bond donors (Lipinski definition) is 1. The number of anilines is 1. The van der Waals surface area contributed by atoms with Gasteiger partial charge in [-0.05, 0) is 43.7 Å². The van der Waals surface area contributed by atoms with Crippen LogP contribution in [-0.4, -0.2) is 20.6 Å². The molecule has 0 aliphatic rings. The lowest BCUT2D eigenvalue weighted by atomic mass is 10.0. The van der Waals surface area contributed by atoms with E-state index in [2.05, 4.69) is 10.4 Å². The zero-order chi connectivity index (χ0) is 21.1. The number of amides is 1. The molecule has 0 spiro atoms. The standard InChI is InChI=1S/C20H17FN4O4/c1-12-3-4-13(2)15(9-12)17-7-8-20(27)24(23-17)11-19(26)22-14-5-6-16(21)18(10-14)25(28)29/h3-10H,11H2,1-2H3,(H,22,26). The van der Waals surface area contributed by atoms with E-state index in [1.807, 2.05) is 32.0 Å². The molecular weight excluding hydrogens is 379 g/mol. The summed E-state index contributed by atoms with van der Waals surface area (Å²) in [6, 6.07) is 11.7. The van der Waals surface area contributed by atoms with Crippen LogP contribution < -0.4 is 10.9 Å². The van der Waals surface area contributed by atoms with Gasteiger partial charge in [-0.3, -0.25) is 19.7 Å². The van der Waals surface area contributed by atoms with E-state index >= 15 is 0 Å².